The highest BCUT2D eigenvalue weighted by Crippen LogP contribution is 2.19. The summed E-state index contributed by atoms with van der Waals surface area (Å²) in [7, 11) is 0. The predicted octanol–water partition coefficient (Wildman–Crippen LogP) is 4.40. The van der Waals surface area contributed by atoms with E-state index in [9.17, 15) is 0 Å². The number of pyridine rings is 1. The molecule has 1 aliphatic rings. The normalized spacial score (nSPS) is 14.0. The Kier molecular flexibility index (Phi) is 8.99. The van der Waals surface area contributed by atoms with Gasteiger partial charge in [0.15, 0.2) is 5.96 Å². The Hall–Kier alpha value is -2.29. The topological polar surface area (TPSA) is 57.5 Å². The predicted molar refractivity (Wildman–Crippen MR) is 140 cm³/mol. The molecule has 1 aromatic carbocycles. The number of aryl methyl sites for hydroxylation is 1. The lowest BCUT2D eigenvalue weighted by molar-refractivity contribution is 0.641. The van der Waals surface area contributed by atoms with Gasteiger partial charge in [-0.2, -0.15) is 0 Å². The maximum absolute atomic E-state index is 4.78. The number of benzene rings is 1. The van der Waals surface area contributed by atoms with Crippen molar-refractivity contribution in [1.29, 1.82) is 0 Å². The molecule has 1 fully saturated rings. The van der Waals surface area contributed by atoms with E-state index in [-0.39, 0.29) is 24.0 Å². The number of para-hydroxylation sites is 1. The van der Waals surface area contributed by atoms with E-state index in [1.807, 2.05) is 6.20 Å². The number of nitrogens with zero attached hydrogens (tertiary/aromatic N) is 4. The molecule has 31 heavy (non-hydrogen) atoms. The van der Waals surface area contributed by atoms with Crippen LogP contribution in [-0.2, 0) is 13.1 Å². The average Bonchev–Trinajstić information content (AvgIpc) is 3.46. The van der Waals surface area contributed by atoms with E-state index < -0.39 is 0 Å². The monoisotopic (exact) mass is 532 g/mol. The Morgan fingerprint density at radius 1 is 1.10 bits per heavy atom. The number of hydrogen-bond donors (Lipinski definition) is 2. The lowest BCUT2D eigenvalue weighted by atomic mass is 10.2. The van der Waals surface area contributed by atoms with Crippen molar-refractivity contribution in [3.8, 4) is 0 Å². The molecule has 0 aliphatic carbocycles. The summed E-state index contributed by atoms with van der Waals surface area (Å²) in [6.07, 6.45) is 7.64. The Labute approximate surface area is 202 Å². The standard InChI is InChI=1S/C24H32N6.HI/c1-2-25-24(27-12-7-16-29-17-11-21-8-3-4-9-22(21)29)28-19-20-10-13-26-23(18-20)30-14-5-6-15-30;/h3-4,8-11,13,17-18H,2,5-7,12,14-16,19H2,1H3,(H2,25,27,28);1H. The molecule has 7 heteroatoms. The second-order valence-corrected chi connectivity index (χ2v) is 7.76. The number of rotatable bonds is 8. The summed E-state index contributed by atoms with van der Waals surface area (Å²) in [6, 6.07) is 14.9. The maximum atomic E-state index is 4.78. The Morgan fingerprint density at radius 3 is 2.77 bits per heavy atom. The molecule has 4 rings (SSSR count). The summed E-state index contributed by atoms with van der Waals surface area (Å²) in [6.45, 7) is 7.70. The van der Waals surface area contributed by atoms with Crippen molar-refractivity contribution in [3.05, 3.63) is 60.4 Å². The van der Waals surface area contributed by atoms with Crippen molar-refractivity contribution < 1.29 is 0 Å². The van der Waals surface area contributed by atoms with Gasteiger partial charge in [-0.05, 0) is 61.4 Å². The van der Waals surface area contributed by atoms with E-state index in [1.165, 1.54) is 29.3 Å². The number of guanidine groups is 1. The summed E-state index contributed by atoms with van der Waals surface area (Å²) in [5.74, 6) is 1.95. The van der Waals surface area contributed by atoms with Crippen LogP contribution in [0.5, 0.6) is 0 Å². The first-order valence-electron chi connectivity index (χ1n) is 11.1. The van der Waals surface area contributed by atoms with Crippen LogP contribution in [0.1, 0.15) is 31.7 Å². The Balaban J connectivity index is 0.00000272. The summed E-state index contributed by atoms with van der Waals surface area (Å²) < 4.78 is 2.32. The number of halogens is 1. The lowest BCUT2D eigenvalue weighted by Gasteiger charge is -2.16. The second kappa shape index (κ2) is 11.9. The number of hydrogen-bond acceptors (Lipinski definition) is 3. The molecule has 0 unspecified atom stereocenters. The molecule has 0 bridgehead atoms. The minimum atomic E-state index is 0. The summed E-state index contributed by atoms with van der Waals surface area (Å²) >= 11 is 0. The first kappa shape index (κ1) is 23.4. The van der Waals surface area contributed by atoms with Crippen LogP contribution in [0.25, 0.3) is 10.9 Å². The number of nitrogens with one attached hydrogen (secondary N) is 2. The molecule has 6 nitrogen and oxygen atoms in total. The van der Waals surface area contributed by atoms with Gasteiger partial charge in [0, 0.05) is 50.6 Å². The minimum Gasteiger partial charge on any atom is -0.357 e. The van der Waals surface area contributed by atoms with Gasteiger partial charge in [0.25, 0.3) is 0 Å². The maximum Gasteiger partial charge on any atom is 0.191 e. The van der Waals surface area contributed by atoms with Crippen LogP contribution in [0.15, 0.2) is 59.9 Å². The molecule has 0 amide bonds. The SMILES string of the molecule is CCNC(=NCc1ccnc(N2CCCC2)c1)NCCCn1ccc2ccccc21.I. The molecule has 1 saturated heterocycles. The third-order valence-electron chi connectivity index (χ3n) is 5.55. The van der Waals surface area contributed by atoms with E-state index in [0.29, 0.717) is 6.54 Å². The third kappa shape index (κ3) is 6.35. The van der Waals surface area contributed by atoms with Crippen LogP contribution in [0.4, 0.5) is 5.82 Å². The zero-order chi connectivity index (χ0) is 20.6. The molecule has 0 radical (unpaired) electrons. The van der Waals surface area contributed by atoms with Gasteiger partial charge in [-0.3, -0.25) is 0 Å². The van der Waals surface area contributed by atoms with Crippen LogP contribution in [0.2, 0.25) is 0 Å². The molecular formula is C24H33IN6. The highest BCUT2D eigenvalue weighted by Gasteiger charge is 2.13. The van der Waals surface area contributed by atoms with Crippen LogP contribution < -0.4 is 15.5 Å². The van der Waals surface area contributed by atoms with E-state index >= 15 is 0 Å². The highest BCUT2D eigenvalue weighted by molar-refractivity contribution is 14.0. The van der Waals surface area contributed by atoms with E-state index in [4.69, 9.17) is 4.99 Å². The first-order valence-corrected chi connectivity index (χ1v) is 11.1. The molecule has 3 heterocycles. The quantitative estimate of drug-likeness (QED) is 0.196. The Bertz CT molecular complexity index is 977. The minimum absolute atomic E-state index is 0. The van der Waals surface area contributed by atoms with Crippen LogP contribution in [0.3, 0.4) is 0 Å². The fourth-order valence-electron chi connectivity index (χ4n) is 3.98. The van der Waals surface area contributed by atoms with Gasteiger partial charge >= 0.3 is 0 Å². The molecule has 0 spiro atoms. The van der Waals surface area contributed by atoms with Gasteiger partial charge in [0.2, 0.25) is 0 Å². The zero-order valence-corrected chi connectivity index (χ0v) is 20.6. The van der Waals surface area contributed by atoms with E-state index in [1.54, 1.807) is 0 Å². The number of aliphatic imine (C=N–C) groups is 1. The lowest BCUT2D eigenvalue weighted by Crippen LogP contribution is -2.38. The van der Waals surface area contributed by atoms with Gasteiger partial charge < -0.3 is 20.1 Å². The van der Waals surface area contributed by atoms with Gasteiger partial charge in [-0.15, -0.1) is 24.0 Å². The second-order valence-electron chi connectivity index (χ2n) is 7.76. The molecule has 2 N–H and O–H groups in total. The van der Waals surface area contributed by atoms with Gasteiger partial charge in [-0.25, -0.2) is 9.98 Å². The highest BCUT2D eigenvalue weighted by atomic mass is 127. The van der Waals surface area contributed by atoms with Gasteiger partial charge in [0.1, 0.15) is 5.82 Å². The van der Waals surface area contributed by atoms with E-state index in [0.717, 1.165) is 50.9 Å². The fraction of sp³-hybridized carbons (Fsp3) is 0.417. The van der Waals surface area contributed by atoms with Crippen molar-refractivity contribution in [2.24, 2.45) is 4.99 Å². The molecule has 2 aromatic heterocycles. The van der Waals surface area contributed by atoms with Crippen molar-refractivity contribution in [3.63, 3.8) is 0 Å². The molecule has 1 aliphatic heterocycles. The molecule has 166 valence electrons. The largest absolute Gasteiger partial charge is 0.357 e. The smallest absolute Gasteiger partial charge is 0.191 e. The van der Waals surface area contributed by atoms with Crippen LogP contribution in [-0.4, -0.2) is 41.7 Å². The van der Waals surface area contributed by atoms with Crippen molar-refractivity contribution >= 4 is 46.7 Å². The zero-order valence-electron chi connectivity index (χ0n) is 18.3. The summed E-state index contributed by atoms with van der Waals surface area (Å²) in [4.78, 5) is 11.7. The number of aromatic nitrogens is 2. The molecule has 0 atom stereocenters. The van der Waals surface area contributed by atoms with Crippen molar-refractivity contribution in [2.75, 3.05) is 31.1 Å². The molecule has 0 saturated carbocycles. The van der Waals surface area contributed by atoms with Crippen LogP contribution in [0, 0.1) is 0 Å². The van der Waals surface area contributed by atoms with Crippen molar-refractivity contribution in [1.82, 2.24) is 20.2 Å². The molecule has 3 aromatic rings. The number of anilines is 1. The number of fused-ring (bicyclic) bond motifs is 1. The summed E-state index contributed by atoms with van der Waals surface area (Å²) in [5, 5.41) is 8.12. The van der Waals surface area contributed by atoms with E-state index in [2.05, 4.69) is 80.7 Å². The molecular weight excluding hydrogens is 499 g/mol. The fourth-order valence-corrected chi connectivity index (χ4v) is 3.98. The Morgan fingerprint density at radius 2 is 1.94 bits per heavy atom. The van der Waals surface area contributed by atoms with Crippen LogP contribution >= 0.6 is 24.0 Å². The summed E-state index contributed by atoms with van der Waals surface area (Å²) in [5.41, 5.74) is 2.49. The van der Waals surface area contributed by atoms with Gasteiger partial charge in [0.05, 0.1) is 6.54 Å². The third-order valence-corrected chi connectivity index (χ3v) is 5.55. The first-order chi connectivity index (χ1) is 14.8. The van der Waals surface area contributed by atoms with Gasteiger partial charge in [-0.1, -0.05) is 18.2 Å². The average molecular weight is 532 g/mol. The van der Waals surface area contributed by atoms with Crippen molar-refractivity contribution in [2.45, 2.75) is 39.3 Å².